The van der Waals surface area contributed by atoms with E-state index >= 15 is 0 Å². The van der Waals surface area contributed by atoms with Gasteiger partial charge >= 0.3 is 6.03 Å². The van der Waals surface area contributed by atoms with Crippen LogP contribution in [0.2, 0.25) is 0 Å². The van der Waals surface area contributed by atoms with Gasteiger partial charge in [0.15, 0.2) is 5.78 Å². The Morgan fingerprint density at radius 3 is 2.17 bits per heavy atom. The molecule has 1 aromatic rings. The van der Waals surface area contributed by atoms with E-state index in [0.29, 0.717) is 0 Å². The normalized spacial score (nSPS) is 28.4. The smallest absolute Gasteiger partial charge is 0.316 e. The molecule has 0 radical (unpaired) electrons. The highest BCUT2D eigenvalue weighted by Gasteiger charge is 2.71. The van der Waals surface area contributed by atoms with Gasteiger partial charge in [-0.2, -0.15) is 0 Å². The second-order valence-electron chi connectivity index (χ2n) is 16.0. The molecule has 4 N–H and O–H groups in total. The molecule has 4 aliphatic rings. The molecular formula is C35H49N5O7S. The van der Waals surface area contributed by atoms with Gasteiger partial charge < -0.3 is 20.9 Å². The molecule has 5 rings (SSSR count). The maximum Gasteiger partial charge on any atom is 0.316 e. The van der Waals surface area contributed by atoms with Gasteiger partial charge in [-0.25, -0.2) is 17.9 Å². The van der Waals surface area contributed by atoms with E-state index in [1.165, 1.54) is 23.1 Å². The molecule has 12 nitrogen and oxygen atoms in total. The Kier molecular flexibility index (Phi) is 9.11. The molecule has 13 heteroatoms. The fourth-order valence-corrected chi connectivity index (χ4v) is 8.39. The van der Waals surface area contributed by atoms with Crippen LogP contribution in [0.15, 0.2) is 47.9 Å². The third-order valence-corrected chi connectivity index (χ3v) is 12.1. The van der Waals surface area contributed by atoms with E-state index in [2.05, 4.69) is 27.3 Å². The van der Waals surface area contributed by atoms with Crippen molar-refractivity contribution >= 4 is 39.6 Å². The molecule has 2 unspecified atom stereocenters. The summed E-state index contributed by atoms with van der Waals surface area (Å²) in [4.78, 5) is 69.6. The van der Waals surface area contributed by atoms with Gasteiger partial charge in [-0.15, -0.1) is 6.58 Å². The Hall–Kier alpha value is -3.74. The fourth-order valence-electron chi connectivity index (χ4n) is 7.33. The van der Waals surface area contributed by atoms with Gasteiger partial charge in [-0.3, -0.25) is 19.2 Å². The van der Waals surface area contributed by atoms with Gasteiger partial charge in [-0.1, -0.05) is 72.7 Å². The summed E-state index contributed by atoms with van der Waals surface area (Å²) in [5, 5.41) is 8.43. The van der Waals surface area contributed by atoms with E-state index in [9.17, 15) is 32.4 Å². The molecular weight excluding hydrogens is 634 g/mol. The summed E-state index contributed by atoms with van der Waals surface area (Å²) in [6.07, 6.45) is 3.28. The topological polar surface area (TPSA) is 171 Å². The Bertz CT molecular complexity index is 1610. The number of benzene rings is 1. The Balaban J connectivity index is 1.35. The average Bonchev–Trinajstić information content (AvgIpc) is 3.96. The molecule has 1 aliphatic heterocycles. The number of carbonyl (C=O) groups excluding carboxylic acids is 5. The largest absolute Gasteiger partial charge is 0.339 e. The number of ketones is 1. The van der Waals surface area contributed by atoms with Crippen molar-refractivity contribution in [2.24, 2.45) is 40.4 Å². The summed E-state index contributed by atoms with van der Waals surface area (Å²) in [5.74, 6) is -2.78. The van der Waals surface area contributed by atoms with Gasteiger partial charge in [-0.05, 0) is 60.0 Å². The Morgan fingerprint density at radius 2 is 1.65 bits per heavy atom. The van der Waals surface area contributed by atoms with Crippen LogP contribution in [0.3, 0.4) is 0 Å². The Labute approximate surface area is 283 Å². The molecule has 3 saturated carbocycles. The lowest BCUT2D eigenvalue weighted by atomic mass is 9.85. The first-order chi connectivity index (χ1) is 22.3. The number of likely N-dealkylation sites (tertiary alicyclic amines) is 1. The average molecular weight is 684 g/mol. The number of piperidine rings is 1. The zero-order chi connectivity index (χ0) is 35.6. The van der Waals surface area contributed by atoms with Crippen LogP contribution < -0.4 is 20.7 Å². The molecule has 1 heterocycles. The van der Waals surface area contributed by atoms with E-state index in [1.54, 1.807) is 18.2 Å². The lowest BCUT2D eigenvalue weighted by Gasteiger charge is -2.38. The molecule has 1 aromatic carbocycles. The van der Waals surface area contributed by atoms with Crippen LogP contribution in [0.1, 0.15) is 67.7 Å². The highest BCUT2D eigenvalue weighted by atomic mass is 32.2. The van der Waals surface area contributed by atoms with Gasteiger partial charge in [0.05, 0.1) is 10.9 Å². The minimum Gasteiger partial charge on any atom is -0.339 e. The predicted molar refractivity (Wildman–Crippen MR) is 178 cm³/mol. The van der Waals surface area contributed by atoms with E-state index < -0.39 is 68.8 Å². The summed E-state index contributed by atoms with van der Waals surface area (Å²) in [5.41, 5.74) is -2.56. The number of hydrogen-bond acceptors (Lipinski definition) is 7. The van der Waals surface area contributed by atoms with Gasteiger partial charge in [0.2, 0.25) is 11.8 Å². The van der Waals surface area contributed by atoms with Crippen LogP contribution in [-0.4, -0.2) is 73.1 Å². The third-order valence-electron chi connectivity index (χ3n) is 10.7. The first kappa shape index (κ1) is 35.6. The van der Waals surface area contributed by atoms with Crippen LogP contribution in [0.5, 0.6) is 0 Å². The first-order valence-electron chi connectivity index (χ1n) is 16.7. The monoisotopic (exact) mass is 683 g/mol. The molecule has 0 bridgehead atoms. The number of nitrogens with one attached hydrogen (secondary N) is 4. The summed E-state index contributed by atoms with van der Waals surface area (Å²) >= 11 is 0. The van der Waals surface area contributed by atoms with Crippen molar-refractivity contribution in [3.63, 3.8) is 0 Å². The molecule has 4 fully saturated rings. The number of fused-ring (bicyclic) bond motifs is 1. The minimum atomic E-state index is -4.21. The van der Waals surface area contributed by atoms with E-state index in [4.69, 9.17) is 0 Å². The van der Waals surface area contributed by atoms with Crippen molar-refractivity contribution in [2.45, 2.75) is 96.3 Å². The minimum absolute atomic E-state index is 0.00942. The fraction of sp³-hybridized carbons (Fsp3) is 0.629. The van der Waals surface area contributed by atoms with E-state index in [-0.39, 0.29) is 52.7 Å². The molecule has 0 aromatic heterocycles. The van der Waals surface area contributed by atoms with E-state index in [1.807, 2.05) is 48.5 Å². The number of nitrogens with zero attached hydrogens (tertiary/aromatic N) is 1. The maximum atomic E-state index is 14.3. The third kappa shape index (κ3) is 6.62. The highest BCUT2D eigenvalue weighted by molar-refractivity contribution is 7.90. The van der Waals surface area contributed by atoms with Gasteiger partial charge in [0.25, 0.3) is 15.9 Å². The summed E-state index contributed by atoms with van der Waals surface area (Å²) in [7, 11) is -4.21. The van der Waals surface area contributed by atoms with Crippen LogP contribution in [0, 0.1) is 40.4 Å². The van der Waals surface area contributed by atoms with E-state index in [0.717, 1.165) is 12.8 Å². The van der Waals surface area contributed by atoms with Crippen molar-refractivity contribution in [2.75, 3.05) is 6.54 Å². The van der Waals surface area contributed by atoms with Crippen LogP contribution in [0.25, 0.3) is 0 Å². The first-order valence-corrected chi connectivity index (χ1v) is 18.2. The molecule has 7 atom stereocenters. The number of carbonyl (C=O) groups is 5. The number of urea groups is 1. The number of amides is 5. The summed E-state index contributed by atoms with van der Waals surface area (Å²) in [6.45, 7) is 17.3. The predicted octanol–water partition coefficient (Wildman–Crippen LogP) is 2.75. The van der Waals surface area contributed by atoms with Crippen LogP contribution >= 0.6 is 0 Å². The van der Waals surface area contributed by atoms with Crippen molar-refractivity contribution < 1.29 is 32.4 Å². The summed E-state index contributed by atoms with van der Waals surface area (Å²) < 4.78 is 28.1. The Morgan fingerprint density at radius 1 is 1.02 bits per heavy atom. The molecule has 3 aliphatic carbocycles. The van der Waals surface area contributed by atoms with Crippen molar-refractivity contribution in [3.05, 3.63) is 43.0 Å². The van der Waals surface area contributed by atoms with Gasteiger partial charge in [0, 0.05) is 18.4 Å². The quantitative estimate of drug-likeness (QED) is 0.246. The van der Waals surface area contributed by atoms with Crippen molar-refractivity contribution in [1.29, 1.82) is 0 Å². The summed E-state index contributed by atoms with van der Waals surface area (Å²) in [6, 6.07) is 4.16. The lowest BCUT2D eigenvalue weighted by molar-refractivity contribution is -0.144. The second kappa shape index (κ2) is 12.3. The molecule has 1 saturated heterocycles. The number of Topliss-reactive ketones (excluding diaryl/α,β-unsaturated/α-hetero) is 1. The molecule has 5 amide bonds. The number of sulfonamides is 1. The number of rotatable bonds is 12. The van der Waals surface area contributed by atoms with Crippen LogP contribution in [0.4, 0.5) is 4.79 Å². The van der Waals surface area contributed by atoms with Crippen molar-refractivity contribution in [1.82, 2.24) is 25.6 Å². The zero-order valence-corrected chi connectivity index (χ0v) is 29.6. The zero-order valence-electron chi connectivity index (χ0n) is 28.8. The van der Waals surface area contributed by atoms with Crippen LogP contribution in [-0.2, 0) is 29.2 Å². The maximum absolute atomic E-state index is 14.3. The second-order valence-corrected chi connectivity index (χ2v) is 17.6. The standard InChI is InChI=1S/C35H49N5O7S/c1-9-21-17-35(21,31(44)39-48(46,47)22-13-11-10-12-14-22)38-29(42)26-24-23(34(24,7)8)18-40(26)30(43)28(33(4,5)6)37-32(45)36-25(19(2)3)27(41)20-15-16-20/h9-14,19-21,23-26,28H,1,15-18H2,2-8H3,(H,38,42)(H,39,44)(H2,36,37,45)/t21?,23-,24-,25-,26-,28?,35+/m0/s1. The number of hydrogen-bond donors (Lipinski definition) is 4. The highest BCUT2D eigenvalue weighted by Crippen LogP contribution is 2.65. The lowest BCUT2D eigenvalue weighted by Crippen LogP contribution is -2.63. The van der Waals surface area contributed by atoms with Crippen molar-refractivity contribution in [3.8, 4) is 0 Å². The SMILES string of the molecule is C=CC1C[C@]1(NC(=O)[C@@H]1[C@@H]2[C@H](CN1C(=O)C(NC(=O)N[C@H](C(=O)C1CC1)C(C)C)C(C)(C)C)C2(C)C)C(=O)NS(=O)(=O)c1ccccc1. The molecule has 262 valence electrons. The van der Waals surface area contributed by atoms with Gasteiger partial charge in [0.1, 0.15) is 17.6 Å². The molecule has 48 heavy (non-hydrogen) atoms. The molecule has 0 spiro atoms.